The summed E-state index contributed by atoms with van der Waals surface area (Å²) >= 11 is 0. The number of carboxylic acid groups (broad SMARTS) is 2. The lowest BCUT2D eigenvalue weighted by atomic mass is 9.87. The molecule has 14 heteroatoms. The van der Waals surface area contributed by atoms with E-state index in [0.717, 1.165) is 25.0 Å². The third kappa shape index (κ3) is 12.1. The van der Waals surface area contributed by atoms with E-state index in [9.17, 15) is 19.5 Å². The molecule has 44 heavy (non-hydrogen) atoms. The highest BCUT2D eigenvalue weighted by Gasteiger charge is 2.39. The number of amides is 1. The Kier molecular flexibility index (Phi) is 15.0. The van der Waals surface area contributed by atoms with Gasteiger partial charge in [0.25, 0.3) is 0 Å². The fourth-order valence-electron chi connectivity index (χ4n) is 4.75. The van der Waals surface area contributed by atoms with Crippen molar-refractivity contribution in [2.24, 2.45) is 22.2 Å². The summed E-state index contributed by atoms with van der Waals surface area (Å²) in [7, 11) is 0. The lowest BCUT2D eigenvalue weighted by Crippen LogP contribution is -2.52. The summed E-state index contributed by atoms with van der Waals surface area (Å²) < 4.78 is 7.91. The molecule has 0 unspecified atom stereocenters. The van der Waals surface area contributed by atoms with Gasteiger partial charge in [0.2, 0.25) is 5.91 Å². The molecule has 1 aromatic heterocycles. The van der Waals surface area contributed by atoms with Crippen LogP contribution in [0.25, 0.3) is 0 Å². The second-order valence-electron chi connectivity index (χ2n) is 10.6. The zero-order chi connectivity index (χ0) is 32.6. The molecule has 0 bridgehead atoms. The maximum Gasteiger partial charge on any atom is 0.331 e. The number of aromatic nitrogens is 3. The summed E-state index contributed by atoms with van der Waals surface area (Å²) in [6.07, 6.45) is 7.35. The Morgan fingerprint density at radius 3 is 2.39 bits per heavy atom. The normalized spacial score (nSPS) is 18.4. The van der Waals surface area contributed by atoms with E-state index < -0.39 is 36.2 Å². The fraction of sp³-hybridized carbons (Fsp3) is 0.533. The first-order valence-corrected chi connectivity index (χ1v) is 14.8. The van der Waals surface area contributed by atoms with Crippen molar-refractivity contribution in [2.75, 3.05) is 6.54 Å². The quantitative estimate of drug-likeness (QED) is 0.0956. The number of carboxylic acids is 2. The molecule has 242 valence electrons. The van der Waals surface area contributed by atoms with Crippen molar-refractivity contribution >= 4 is 23.8 Å². The minimum Gasteiger partial charge on any atom is -0.480 e. The van der Waals surface area contributed by atoms with E-state index in [2.05, 4.69) is 32.8 Å². The lowest BCUT2D eigenvalue weighted by Gasteiger charge is -2.38. The van der Waals surface area contributed by atoms with Crippen molar-refractivity contribution in [3.05, 3.63) is 59.4 Å². The summed E-state index contributed by atoms with van der Waals surface area (Å²) in [5.74, 6) is -2.17. The Balaban J connectivity index is 0.000000477. The first kappa shape index (κ1) is 35.9. The van der Waals surface area contributed by atoms with E-state index in [1.807, 2.05) is 38.2 Å². The van der Waals surface area contributed by atoms with Gasteiger partial charge in [0.15, 0.2) is 5.96 Å². The van der Waals surface area contributed by atoms with Crippen molar-refractivity contribution in [3.63, 3.8) is 0 Å². The molecule has 1 aromatic carbocycles. The molecular formula is C30H46N8O6. The van der Waals surface area contributed by atoms with Crippen LogP contribution in [0.2, 0.25) is 0 Å². The van der Waals surface area contributed by atoms with Gasteiger partial charge in [0.05, 0.1) is 30.0 Å². The smallest absolute Gasteiger partial charge is 0.331 e. The van der Waals surface area contributed by atoms with E-state index in [-0.39, 0.29) is 30.0 Å². The summed E-state index contributed by atoms with van der Waals surface area (Å²) in [4.78, 5) is 37.7. The average Bonchev–Trinajstić information content (AvgIpc) is 3.46. The van der Waals surface area contributed by atoms with Gasteiger partial charge in [-0.15, -0.1) is 5.10 Å². The number of aryl methyl sites for hydroxylation is 2. The molecule has 0 saturated heterocycles. The summed E-state index contributed by atoms with van der Waals surface area (Å²) in [5.41, 5.74) is 17.6. The average molecular weight is 615 g/mol. The van der Waals surface area contributed by atoms with Crippen LogP contribution in [-0.2, 0) is 32.0 Å². The number of ether oxygens (including phenoxy) is 1. The molecule has 0 saturated carbocycles. The van der Waals surface area contributed by atoms with Crippen LogP contribution >= 0.6 is 0 Å². The van der Waals surface area contributed by atoms with Crippen molar-refractivity contribution in [2.45, 2.75) is 96.1 Å². The summed E-state index contributed by atoms with van der Waals surface area (Å²) in [5, 5.41) is 29.6. The molecular weight excluding hydrogens is 568 g/mol. The number of guanidine groups is 1. The highest BCUT2D eigenvalue weighted by Crippen LogP contribution is 2.31. The molecule has 1 aliphatic carbocycles. The van der Waals surface area contributed by atoms with Crippen LogP contribution in [0.5, 0.6) is 0 Å². The van der Waals surface area contributed by atoms with Gasteiger partial charge in [-0.05, 0) is 50.2 Å². The predicted octanol–water partition coefficient (Wildman–Crippen LogP) is 1.55. The molecule has 0 fully saturated rings. The number of carbonyl (C=O) groups excluding carboxylic acids is 1. The monoisotopic (exact) mass is 614 g/mol. The predicted molar refractivity (Wildman–Crippen MR) is 166 cm³/mol. The van der Waals surface area contributed by atoms with Gasteiger partial charge in [0, 0.05) is 31.7 Å². The van der Waals surface area contributed by atoms with Crippen molar-refractivity contribution in [1.82, 2.24) is 20.3 Å². The molecule has 0 aliphatic heterocycles. The van der Waals surface area contributed by atoms with Crippen molar-refractivity contribution in [1.29, 1.82) is 0 Å². The van der Waals surface area contributed by atoms with Gasteiger partial charge >= 0.3 is 11.9 Å². The Hall–Kier alpha value is -4.30. The number of aliphatic imine (C=N–C) groups is 1. The maximum absolute atomic E-state index is 12.0. The Morgan fingerprint density at radius 1 is 1.14 bits per heavy atom. The number of aliphatic carboxylic acids is 2. The number of hydrogen-bond donors (Lipinski definition) is 6. The number of nitrogens with one attached hydrogen (secondary N) is 1. The van der Waals surface area contributed by atoms with E-state index in [0.29, 0.717) is 25.8 Å². The number of nitrogens with two attached hydrogens (primary N) is 3. The zero-order valence-electron chi connectivity index (χ0n) is 25.6. The standard InChI is InChI=1S/C24H32N4O4.C6H14N4O2/c1-4-20(5-2)32-22-14-18(24(30)31)13-21(23(22)25-16(3)29)28-15-19(26-27-28)12-11-17-9-7-6-8-10-17;7-4(5(11)12)2-1-3-10-6(8)9/h6-10,13,15,20-23H,4-5,11-12,14H2,1-3H3,(H,25,29)(H,30,31);4H,1-3,7H2,(H,11,12)(H4,8,9,10)/t21-,22+,23+;4-/m00/s1. The second-order valence-corrected chi connectivity index (χ2v) is 10.6. The number of hydrogen-bond acceptors (Lipinski definition) is 8. The maximum atomic E-state index is 12.0. The molecule has 2 aromatic rings. The Labute approximate surface area is 257 Å². The second kappa shape index (κ2) is 18.4. The van der Waals surface area contributed by atoms with Gasteiger partial charge in [-0.25, -0.2) is 9.48 Å². The number of rotatable bonds is 15. The lowest BCUT2D eigenvalue weighted by molar-refractivity contribution is -0.138. The molecule has 0 radical (unpaired) electrons. The van der Waals surface area contributed by atoms with Crippen molar-refractivity contribution < 1.29 is 29.3 Å². The molecule has 1 amide bonds. The number of nitrogens with zero attached hydrogens (tertiary/aromatic N) is 4. The fourth-order valence-corrected chi connectivity index (χ4v) is 4.75. The summed E-state index contributed by atoms with van der Waals surface area (Å²) in [6.45, 7) is 5.94. The van der Waals surface area contributed by atoms with Crippen LogP contribution in [0.4, 0.5) is 0 Å². The van der Waals surface area contributed by atoms with Crippen LogP contribution in [0.15, 0.2) is 53.2 Å². The highest BCUT2D eigenvalue weighted by atomic mass is 16.5. The topological polar surface area (TPSA) is 234 Å². The third-order valence-corrected chi connectivity index (χ3v) is 7.14. The van der Waals surface area contributed by atoms with E-state index in [1.54, 1.807) is 10.8 Å². The van der Waals surface area contributed by atoms with E-state index in [4.69, 9.17) is 27.0 Å². The largest absolute Gasteiger partial charge is 0.480 e. The minimum atomic E-state index is -1.00. The molecule has 3 rings (SSSR count). The third-order valence-electron chi connectivity index (χ3n) is 7.14. The Morgan fingerprint density at radius 2 is 1.82 bits per heavy atom. The van der Waals surface area contributed by atoms with Crippen LogP contribution in [0.3, 0.4) is 0 Å². The SMILES string of the molecule is CCC(CC)O[C@@H]1CC(C(=O)O)=C[C@H](n2cc(CCc3ccccc3)nn2)[C@H]1NC(C)=O.NC(N)=NCCC[C@H](N)C(=O)O. The molecule has 4 atom stereocenters. The van der Waals surface area contributed by atoms with Gasteiger partial charge in [-0.2, -0.15) is 0 Å². The molecule has 9 N–H and O–H groups in total. The van der Waals surface area contributed by atoms with Crippen LogP contribution in [0.1, 0.15) is 70.2 Å². The van der Waals surface area contributed by atoms with Gasteiger partial charge in [-0.3, -0.25) is 14.6 Å². The van der Waals surface area contributed by atoms with Gasteiger partial charge in [-0.1, -0.05) is 49.4 Å². The molecule has 0 spiro atoms. The van der Waals surface area contributed by atoms with Crippen LogP contribution < -0.4 is 22.5 Å². The van der Waals surface area contributed by atoms with E-state index in [1.165, 1.54) is 12.5 Å². The van der Waals surface area contributed by atoms with Gasteiger partial charge < -0.3 is 37.5 Å². The molecule has 1 heterocycles. The summed E-state index contributed by atoms with van der Waals surface area (Å²) in [6, 6.07) is 8.36. The van der Waals surface area contributed by atoms with E-state index >= 15 is 0 Å². The zero-order valence-corrected chi connectivity index (χ0v) is 25.6. The first-order valence-electron chi connectivity index (χ1n) is 14.8. The minimum absolute atomic E-state index is 0.0118. The van der Waals surface area contributed by atoms with Crippen LogP contribution in [-0.4, -0.2) is 79.8 Å². The Bertz CT molecular complexity index is 1260. The number of benzene rings is 1. The number of carbonyl (C=O) groups is 3. The van der Waals surface area contributed by atoms with Gasteiger partial charge in [0.1, 0.15) is 6.04 Å². The van der Waals surface area contributed by atoms with Crippen LogP contribution in [0, 0.1) is 0 Å². The first-order chi connectivity index (χ1) is 20.9. The highest BCUT2D eigenvalue weighted by molar-refractivity contribution is 5.87. The molecule has 14 nitrogen and oxygen atoms in total. The van der Waals surface area contributed by atoms with Crippen molar-refractivity contribution in [3.8, 4) is 0 Å². The molecule has 1 aliphatic rings.